The summed E-state index contributed by atoms with van der Waals surface area (Å²) in [5.41, 5.74) is 0.596. The van der Waals surface area contributed by atoms with E-state index < -0.39 is 0 Å². The van der Waals surface area contributed by atoms with Gasteiger partial charge in [-0.3, -0.25) is 4.79 Å². The van der Waals surface area contributed by atoms with E-state index in [1.807, 2.05) is 13.8 Å². The molecule has 0 amide bonds. The van der Waals surface area contributed by atoms with Gasteiger partial charge < -0.3 is 0 Å². The molecule has 1 rings (SSSR count). The molecule has 0 N–H and O–H groups in total. The monoisotopic (exact) mass is 272 g/mol. The molecule has 15 heavy (non-hydrogen) atoms. The van der Waals surface area contributed by atoms with Crippen molar-refractivity contribution < 1.29 is 9.18 Å². The van der Waals surface area contributed by atoms with E-state index in [2.05, 4.69) is 15.9 Å². The Hall–Kier alpha value is -0.700. The lowest BCUT2D eigenvalue weighted by Crippen LogP contribution is -2.08. The quantitative estimate of drug-likeness (QED) is 0.816. The Morgan fingerprint density at radius 1 is 1.47 bits per heavy atom. The number of aryl methyl sites for hydroxylation is 1. The third-order valence-corrected chi connectivity index (χ3v) is 2.93. The van der Waals surface area contributed by atoms with E-state index >= 15 is 0 Å². The topological polar surface area (TPSA) is 17.1 Å². The van der Waals surface area contributed by atoms with Crippen LogP contribution in [-0.4, -0.2) is 5.78 Å². The Kier molecular flexibility index (Phi) is 4.45. The molecule has 0 fully saturated rings. The van der Waals surface area contributed by atoms with Crippen molar-refractivity contribution >= 4 is 21.7 Å². The lowest BCUT2D eigenvalue weighted by Gasteiger charge is -2.06. The van der Waals surface area contributed by atoms with Crippen LogP contribution in [0.2, 0.25) is 0 Å². The highest BCUT2D eigenvalue weighted by Crippen LogP contribution is 2.20. The third kappa shape index (κ3) is 3.42. The molecule has 0 spiro atoms. The van der Waals surface area contributed by atoms with Gasteiger partial charge in [-0.1, -0.05) is 26.0 Å². The van der Waals surface area contributed by atoms with Crippen molar-refractivity contribution in [2.24, 2.45) is 5.92 Å². The fraction of sp³-hybridized carbons (Fsp3) is 0.417. The van der Waals surface area contributed by atoms with Crippen molar-refractivity contribution in [3.05, 3.63) is 34.1 Å². The second-order valence-corrected chi connectivity index (χ2v) is 4.69. The number of ketones is 1. The molecule has 0 heterocycles. The molecule has 0 radical (unpaired) electrons. The second kappa shape index (κ2) is 5.40. The number of halogens is 2. The normalized spacial score (nSPS) is 10.7. The minimum atomic E-state index is -0.256. The number of hydrogen-bond donors (Lipinski definition) is 0. The Morgan fingerprint density at radius 3 is 2.73 bits per heavy atom. The van der Waals surface area contributed by atoms with Crippen LogP contribution in [0.25, 0.3) is 0 Å². The van der Waals surface area contributed by atoms with E-state index in [0.29, 0.717) is 22.9 Å². The summed E-state index contributed by atoms with van der Waals surface area (Å²) >= 11 is 3.12. The predicted molar refractivity (Wildman–Crippen MR) is 62.3 cm³/mol. The zero-order valence-electron chi connectivity index (χ0n) is 8.89. The number of Topliss-reactive ketones (excluding diaryl/α,β-unsaturated/α-hetero) is 1. The number of carbonyl (C=O) groups excluding carboxylic acids is 1. The molecule has 0 aromatic heterocycles. The molecule has 1 aromatic carbocycles. The van der Waals surface area contributed by atoms with E-state index in [4.69, 9.17) is 0 Å². The van der Waals surface area contributed by atoms with Gasteiger partial charge in [-0.05, 0) is 34.0 Å². The number of benzene rings is 1. The summed E-state index contributed by atoms with van der Waals surface area (Å²) in [6, 6.07) is 5.15. The van der Waals surface area contributed by atoms with Gasteiger partial charge in [0.15, 0.2) is 0 Å². The van der Waals surface area contributed by atoms with Crippen molar-refractivity contribution in [3.8, 4) is 0 Å². The summed E-state index contributed by atoms with van der Waals surface area (Å²) in [6.07, 6.45) is 0.882. The van der Waals surface area contributed by atoms with Crippen LogP contribution < -0.4 is 0 Å². The zero-order valence-corrected chi connectivity index (χ0v) is 10.5. The van der Waals surface area contributed by atoms with Gasteiger partial charge in [-0.2, -0.15) is 0 Å². The molecule has 0 unspecified atom stereocenters. The first-order chi connectivity index (χ1) is 7.02. The van der Waals surface area contributed by atoms with Crippen molar-refractivity contribution in [1.82, 2.24) is 0 Å². The number of rotatable bonds is 4. The Labute approximate surface area is 97.8 Å². The first kappa shape index (κ1) is 12.4. The molecule has 1 aromatic rings. The van der Waals surface area contributed by atoms with E-state index in [1.165, 1.54) is 0 Å². The van der Waals surface area contributed by atoms with Crippen LogP contribution in [0.4, 0.5) is 4.39 Å². The van der Waals surface area contributed by atoms with Crippen molar-refractivity contribution in [2.75, 3.05) is 0 Å². The van der Waals surface area contributed by atoms with Crippen LogP contribution in [-0.2, 0) is 11.2 Å². The fourth-order valence-corrected chi connectivity index (χ4v) is 1.70. The largest absolute Gasteiger partial charge is 0.299 e. The van der Waals surface area contributed by atoms with Crippen LogP contribution in [0.3, 0.4) is 0 Å². The predicted octanol–water partition coefficient (Wildman–Crippen LogP) is 3.75. The highest BCUT2D eigenvalue weighted by atomic mass is 79.9. The summed E-state index contributed by atoms with van der Waals surface area (Å²) < 4.78 is 14.0. The maximum atomic E-state index is 13.5. The third-order valence-electron chi connectivity index (χ3n) is 2.32. The fourth-order valence-electron chi connectivity index (χ4n) is 1.29. The molecule has 82 valence electrons. The van der Waals surface area contributed by atoms with Gasteiger partial charge in [-0.15, -0.1) is 0 Å². The number of hydrogen-bond acceptors (Lipinski definition) is 1. The highest BCUT2D eigenvalue weighted by Gasteiger charge is 2.10. The Bertz CT molecular complexity index is 361. The van der Waals surface area contributed by atoms with Crippen LogP contribution >= 0.6 is 15.9 Å². The molecule has 0 saturated heterocycles. The van der Waals surface area contributed by atoms with Crippen LogP contribution in [0.1, 0.15) is 25.8 Å². The van der Waals surface area contributed by atoms with Crippen molar-refractivity contribution in [2.45, 2.75) is 26.7 Å². The van der Waals surface area contributed by atoms with Crippen LogP contribution in [0.15, 0.2) is 22.7 Å². The molecule has 0 aliphatic carbocycles. The smallest absolute Gasteiger partial charge is 0.140 e. The lowest BCUT2D eigenvalue weighted by molar-refractivity contribution is -0.121. The van der Waals surface area contributed by atoms with Crippen LogP contribution in [0, 0.1) is 11.7 Å². The summed E-state index contributed by atoms with van der Waals surface area (Å²) in [4.78, 5) is 11.4. The summed E-state index contributed by atoms with van der Waals surface area (Å²) in [5, 5.41) is 0. The van der Waals surface area contributed by atoms with Gasteiger partial charge in [0.2, 0.25) is 0 Å². The van der Waals surface area contributed by atoms with Gasteiger partial charge in [0, 0.05) is 12.3 Å². The van der Waals surface area contributed by atoms with Gasteiger partial charge >= 0.3 is 0 Å². The minimum Gasteiger partial charge on any atom is -0.299 e. The average molecular weight is 273 g/mol. The molecule has 0 saturated carbocycles. The number of carbonyl (C=O) groups is 1. The van der Waals surface area contributed by atoms with E-state index in [1.54, 1.807) is 18.2 Å². The molecule has 0 aliphatic rings. The first-order valence-electron chi connectivity index (χ1n) is 4.98. The van der Waals surface area contributed by atoms with Gasteiger partial charge in [0.1, 0.15) is 11.6 Å². The summed E-state index contributed by atoms with van der Waals surface area (Å²) in [5.74, 6) is -0.0522. The SMILES string of the molecule is CC(C)C(=O)CCc1cccc(Br)c1F. The van der Waals surface area contributed by atoms with Gasteiger partial charge in [0.05, 0.1) is 4.47 Å². The zero-order chi connectivity index (χ0) is 11.4. The van der Waals surface area contributed by atoms with Crippen molar-refractivity contribution in [3.63, 3.8) is 0 Å². The molecular formula is C12H14BrFO. The molecule has 0 aliphatic heterocycles. The summed E-state index contributed by atoms with van der Waals surface area (Å²) in [6.45, 7) is 3.72. The summed E-state index contributed by atoms with van der Waals surface area (Å²) in [7, 11) is 0. The first-order valence-corrected chi connectivity index (χ1v) is 5.77. The molecule has 1 nitrogen and oxygen atoms in total. The highest BCUT2D eigenvalue weighted by molar-refractivity contribution is 9.10. The standard InChI is InChI=1S/C12H14BrFO/c1-8(2)11(15)7-6-9-4-3-5-10(13)12(9)14/h3-5,8H,6-7H2,1-2H3. The van der Waals surface area contributed by atoms with E-state index in [9.17, 15) is 9.18 Å². The second-order valence-electron chi connectivity index (χ2n) is 3.83. The Morgan fingerprint density at radius 2 is 2.13 bits per heavy atom. The van der Waals surface area contributed by atoms with Crippen LogP contribution in [0.5, 0.6) is 0 Å². The molecule has 0 bridgehead atoms. The lowest BCUT2D eigenvalue weighted by atomic mass is 10.0. The maximum Gasteiger partial charge on any atom is 0.140 e. The molecule has 0 atom stereocenters. The maximum absolute atomic E-state index is 13.5. The van der Waals surface area contributed by atoms with Gasteiger partial charge in [-0.25, -0.2) is 4.39 Å². The van der Waals surface area contributed by atoms with E-state index in [0.717, 1.165) is 0 Å². The van der Waals surface area contributed by atoms with Crippen molar-refractivity contribution in [1.29, 1.82) is 0 Å². The molecular weight excluding hydrogens is 259 g/mol. The minimum absolute atomic E-state index is 0.0280. The Balaban J connectivity index is 2.66. The molecule has 3 heteroatoms. The van der Waals surface area contributed by atoms with E-state index in [-0.39, 0.29) is 17.5 Å². The van der Waals surface area contributed by atoms with Gasteiger partial charge in [0.25, 0.3) is 0 Å². The average Bonchev–Trinajstić information content (AvgIpc) is 2.19.